The molecule has 0 radical (unpaired) electrons. The third kappa shape index (κ3) is 15.2. The van der Waals surface area contributed by atoms with E-state index in [4.69, 9.17) is 11.6 Å². The van der Waals surface area contributed by atoms with Crippen molar-refractivity contribution in [3.63, 3.8) is 0 Å². The topological polar surface area (TPSA) is 0 Å². The number of benzene rings is 10. The molecule has 0 aromatic heterocycles. The minimum absolute atomic E-state index is 0. The van der Waals surface area contributed by atoms with Crippen molar-refractivity contribution in [2.75, 3.05) is 0 Å². The molecule has 0 unspecified atom stereocenters. The van der Waals surface area contributed by atoms with Crippen LogP contribution in [0.15, 0.2) is 303 Å². The van der Waals surface area contributed by atoms with E-state index in [1.54, 1.807) is 0 Å². The second-order valence-corrected chi connectivity index (χ2v) is 21.6. The zero-order valence-corrected chi connectivity index (χ0v) is 41.8. The van der Waals surface area contributed by atoms with Crippen LogP contribution in [0.5, 0.6) is 0 Å². The molecule has 0 nitrogen and oxygen atoms in total. The van der Waals surface area contributed by atoms with E-state index in [2.05, 4.69) is 273 Å². The summed E-state index contributed by atoms with van der Waals surface area (Å²) in [5.74, 6) is 0.612. The van der Waals surface area contributed by atoms with Gasteiger partial charge in [-0.25, -0.2) is 0 Å². The average molecular weight is 1010 g/mol. The van der Waals surface area contributed by atoms with Crippen molar-refractivity contribution in [2.24, 2.45) is 0 Å². The summed E-state index contributed by atoms with van der Waals surface area (Å²) in [6.45, 7) is 0. The molecule has 326 valence electrons. The monoisotopic (exact) mass is 1010 g/mol. The van der Waals surface area contributed by atoms with Gasteiger partial charge < -0.3 is 0 Å². The molecule has 0 aliphatic rings. The molecule has 0 heterocycles. The minimum atomic E-state index is -0.446. The second kappa shape index (κ2) is 28.4. The Labute approximate surface area is 414 Å². The first-order chi connectivity index (χ1) is 32.3. The molecule has 0 aliphatic heterocycles. The van der Waals surface area contributed by atoms with Crippen LogP contribution in [0.3, 0.4) is 0 Å². The molecule has 0 spiro atoms. The maximum absolute atomic E-state index is 5.53. The maximum atomic E-state index is 5.53. The fourth-order valence-electron chi connectivity index (χ4n) is 7.10. The molecule has 0 N–H and O–H groups in total. The Kier molecular flexibility index (Phi) is 21.5. The first-order valence-electron chi connectivity index (χ1n) is 21.7. The molecule has 66 heavy (non-hydrogen) atoms. The van der Waals surface area contributed by atoms with Crippen molar-refractivity contribution >= 4 is 83.1 Å². The molecule has 0 aliphatic carbocycles. The Morgan fingerprint density at radius 2 is 0.318 bits per heavy atom. The van der Waals surface area contributed by atoms with E-state index in [0.717, 1.165) is 0 Å². The summed E-state index contributed by atoms with van der Waals surface area (Å²) in [5.41, 5.74) is 1.18. The maximum Gasteiger partial charge on any atom is 0.0474 e. The molecule has 0 atom stereocenters. The van der Waals surface area contributed by atoms with Gasteiger partial charge in [0.05, 0.1) is 0 Å². The van der Waals surface area contributed by atoms with Gasteiger partial charge in [-0.1, -0.05) is 303 Å². The van der Waals surface area contributed by atoms with Crippen LogP contribution < -0.4 is 47.7 Å². The van der Waals surface area contributed by atoms with Gasteiger partial charge in [0, 0.05) is 25.4 Å². The number of alkyl halides is 1. The van der Waals surface area contributed by atoms with Crippen molar-refractivity contribution in [1.29, 1.82) is 0 Å². The molecular weight excluding hydrogens is 962 g/mol. The smallest absolute Gasteiger partial charge is 0.0474 e. The van der Waals surface area contributed by atoms with Crippen LogP contribution >= 0.6 is 35.4 Å². The van der Waals surface area contributed by atoms with Crippen LogP contribution in [-0.4, -0.2) is 0 Å². The van der Waals surface area contributed by atoms with E-state index in [9.17, 15) is 0 Å². The van der Waals surface area contributed by atoms with Crippen LogP contribution in [0.1, 0.15) is 5.56 Å². The summed E-state index contributed by atoms with van der Waals surface area (Å²) in [6.07, 6.45) is 0. The van der Waals surface area contributed by atoms with Gasteiger partial charge in [0.1, 0.15) is 0 Å². The molecule has 0 fully saturated rings. The molecule has 0 saturated heterocycles. The minimum Gasteiger partial charge on any atom is -0.122 e. The van der Waals surface area contributed by atoms with E-state index < -0.39 is 23.8 Å². The molecule has 10 rings (SSSR count). The van der Waals surface area contributed by atoms with Crippen LogP contribution in [0.4, 0.5) is 0 Å². The number of hydrogen-bond donors (Lipinski definition) is 0. The van der Waals surface area contributed by atoms with Crippen molar-refractivity contribution in [1.82, 2.24) is 0 Å². The quantitative estimate of drug-likeness (QED) is 0.0728. The summed E-state index contributed by atoms with van der Waals surface area (Å²) in [5, 5.41) is 12.6. The Morgan fingerprint density at radius 3 is 0.424 bits per heavy atom. The molecule has 0 bridgehead atoms. The average Bonchev–Trinajstić information content (AvgIpc) is 3.40. The SMILES string of the molecule is ClCc1ccccc1.[Ru].c1ccc(P(c2ccccc2)c2ccccc2)cc1.c1ccc(P(c2ccccc2)c2ccccc2)cc1.c1ccc(P(c2ccccc2)c2ccccc2)cc1. The van der Waals surface area contributed by atoms with E-state index in [0.29, 0.717) is 5.88 Å². The van der Waals surface area contributed by atoms with E-state index >= 15 is 0 Å². The first-order valence-corrected chi connectivity index (χ1v) is 26.3. The van der Waals surface area contributed by atoms with Gasteiger partial charge in [0.2, 0.25) is 0 Å². The predicted molar refractivity (Wildman–Crippen MR) is 291 cm³/mol. The summed E-state index contributed by atoms with van der Waals surface area (Å²) in [4.78, 5) is 0. The normalized spacial score (nSPS) is 10.2. The second-order valence-electron chi connectivity index (χ2n) is 14.6. The zero-order valence-electron chi connectivity index (χ0n) is 36.6. The molecule has 10 aromatic carbocycles. The van der Waals surface area contributed by atoms with Gasteiger partial charge in [0.15, 0.2) is 0 Å². The fraction of sp³-hybridized carbons (Fsp3) is 0.0164. The van der Waals surface area contributed by atoms with Gasteiger partial charge in [-0.3, -0.25) is 0 Å². The van der Waals surface area contributed by atoms with Crippen molar-refractivity contribution < 1.29 is 19.5 Å². The molecule has 5 heteroatoms. The van der Waals surface area contributed by atoms with Crippen LogP contribution in [-0.2, 0) is 25.4 Å². The largest absolute Gasteiger partial charge is 0.122 e. The Hall–Kier alpha value is -5.60. The van der Waals surface area contributed by atoms with Gasteiger partial charge >= 0.3 is 0 Å². The Bertz CT molecular complexity index is 2190. The third-order valence-electron chi connectivity index (χ3n) is 10.1. The predicted octanol–water partition coefficient (Wildman–Crippen LogP) is 12.8. The first kappa shape index (κ1) is 49.8. The number of halogens is 1. The Balaban J connectivity index is 0.000000150. The van der Waals surface area contributed by atoms with Crippen LogP contribution in [0, 0.1) is 0 Å². The van der Waals surface area contributed by atoms with Crippen molar-refractivity contribution in [3.05, 3.63) is 309 Å². The molecular formula is C61H52ClP3Ru. The van der Waals surface area contributed by atoms with E-state index in [1.165, 1.54) is 53.3 Å². The standard InChI is InChI=1S/3C18H15P.C7H7Cl.Ru/c3*1-4-10-16(11-5-1)19(17-12-6-2-7-13-17)18-14-8-3-9-15-18;8-6-7-4-2-1-3-5-7;/h3*1-15H;1-5H,6H2;. The molecule has 10 aromatic rings. The van der Waals surface area contributed by atoms with Gasteiger partial charge in [-0.2, -0.15) is 0 Å². The van der Waals surface area contributed by atoms with E-state index in [1.807, 2.05) is 30.3 Å². The summed E-state index contributed by atoms with van der Waals surface area (Å²) >= 11 is 5.53. The van der Waals surface area contributed by atoms with Gasteiger partial charge in [-0.05, 0) is 77.1 Å². The number of hydrogen-bond acceptors (Lipinski definition) is 0. The molecule has 0 amide bonds. The van der Waals surface area contributed by atoms with Crippen LogP contribution in [0.2, 0.25) is 0 Å². The molecule has 0 saturated carbocycles. The van der Waals surface area contributed by atoms with Gasteiger partial charge in [0.25, 0.3) is 0 Å². The zero-order chi connectivity index (χ0) is 44.6. The summed E-state index contributed by atoms with van der Waals surface area (Å²) in [7, 11) is -1.34. The van der Waals surface area contributed by atoms with Crippen LogP contribution in [0.25, 0.3) is 0 Å². The van der Waals surface area contributed by atoms with Crippen molar-refractivity contribution in [3.8, 4) is 0 Å². The van der Waals surface area contributed by atoms with Gasteiger partial charge in [-0.15, -0.1) is 11.6 Å². The van der Waals surface area contributed by atoms with Crippen molar-refractivity contribution in [2.45, 2.75) is 5.88 Å². The van der Waals surface area contributed by atoms with E-state index in [-0.39, 0.29) is 19.5 Å². The summed E-state index contributed by atoms with van der Waals surface area (Å²) < 4.78 is 0. The number of rotatable bonds is 10. The Morgan fingerprint density at radius 1 is 0.197 bits per heavy atom. The summed E-state index contributed by atoms with van der Waals surface area (Å²) in [6, 6.07) is 107. The fourth-order valence-corrected chi connectivity index (χ4v) is 14.2. The third-order valence-corrected chi connectivity index (χ3v) is 17.8.